The maximum absolute atomic E-state index is 12.5. The van der Waals surface area contributed by atoms with E-state index in [4.69, 9.17) is 4.98 Å². The normalized spacial score (nSPS) is 12.2. The van der Waals surface area contributed by atoms with E-state index in [9.17, 15) is 8.42 Å². The molecule has 0 radical (unpaired) electrons. The second-order valence-corrected chi connectivity index (χ2v) is 10.6. The Labute approximate surface area is 192 Å². The van der Waals surface area contributed by atoms with Crippen LogP contribution in [0.25, 0.3) is 22.4 Å². The van der Waals surface area contributed by atoms with Gasteiger partial charge in [0.1, 0.15) is 5.82 Å². The summed E-state index contributed by atoms with van der Waals surface area (Å²) in [4.78, 5) is 9.55. The van der Waals surface area contributed by atoms with Gasteiger partial charge in [0.2, 0.25) is 15.2 Å². The van der Waals surface area contributed by atoms with Crippen molar-refractivity contribution in [3.05, 3.63) is 53.9 Å². The van der Waals surface area contributed by atoms with Gasteiger partial charge in [-0.2, -0.15) is 0 Å². The van der Waals surface area contributed by atoms with Gasteiger partial charge in [0.15, 0.2) is 5.82 Å². The van der Waals surface area contributed by atoms with Crippen molar-refractivity contribution in [2.75, 3.05) is 14.1 Å². The Morgan fingerprint density at radius 2 is 1.81 bits per heavy atom. The molecule has 4 aromatic rings. The van der Waals surface area contributed by atoms with Crippen LogP contribution >= 0.6 is 11.8 Å². The third-order valence-electron chi connectivity index (χ3n) is 5.32. The molecule has 10 heteroatoms. The van der Waals surface area contributed by atoms with Crippen LogP contribution in [-0.4, -0.2) is 51.6 Å². The topological polar surface area (TPSA) is 96.8 Å². The van der Waals surface area contributed by atoms with Crippen LogP contribution in [0, 0.1) is 0 Å². The SMILES string of the molecule is CCc1ccc(-c2nc(SCc3nc4cc(S(=O)(=O)N(C)C)ccc4n3CC)n[nH]2)cc1. The Hall–Kier alpha value is -2.69. The van der Waals surface area contributed by atoms with Gasteiger partial charge in [-0.05, 0) is 37.1 Å². The van der Waals surface area contributed by atoms with Gasteiger partial charge < -0.3 is 4.57 Å². The molecule has 0 aliphatic rings. The molecule has 168 valence electrons. The lowest BCUT2D eigenvalue weighted by Gasteiger charge is -2.11. The van der Waals surface area contributed by atoms with Crippen molar-refractivity contribution in [1.82, 2.24) is 29.0 Å². The summed E-state index contributed by atoms with van der Waals surface area (Å²) in [6.07, 6.45) is 0.999. The van der Waals surface area contributed by atoms with Crippen LogP contribution < -0.4 is 0 Å². The summed E-state index contributed by atoms with van der Waals surface area (Å²) in [5.41, 5.74) is 3.85. The summed E-state index contributed by atoms with van der Waals surface area (Å²) in [6.45, 7) is 4.91. The molecule has 0 aliphatic carbocycles. The Bertz CT molecular complexity index is 1340. The van der Waals surface area contributed by atoms with E-state index in [0.29, 0.717) is 16.4 Å². The number of rotatable bonds is 8. The third-order valence-corrected chi connectivity index (χ3v) is 7.98. The van der Waals surface area contributed by atoms with Crippen molar-refractivity contribution in [2.45, 2.75) is 42.6 Å². The average Bonchev–Trinajstić information content (AvgIpc) is 3.41. The molecule has 0 aliphatic heterocycles. The van der Waals surface area contributed by atoms with Crippen LogP contribution in [0.4, 0.5) is 0 Å². The number of fused-ring (bicyclic) bond motifs is 1. The summed E-state index contributed by atoms with van der Waals surface area (Å²) in [5.74, 6) is 2.16. The lowest BCUT2D eigenvalue weighted by Crippen LogP contribution is -2.22. The van der Waals surface area contributed by atoms with Gasteiger partial charge in [-0.1, -0.05) is 43.0 Å². The van der Waals surface area contributed by atoms with Gasteiger partial charge in [-0.25, -0.2) is 22.7 Å². The fraction of sp³-hybridized carbons (Fsp3) is 0.318. The number of hydrogen-bond acceptors (Lipinski definition) is 6. The number of nitrogens with one attached hydrogen (secondary N) is 1. The van der Waals surface area contributed by atoms with Crippen molar-refractivity contribution in [1.29, 1.82) is 0 Å². The number of H-pyrrole nitrogens is 1. The molecule has 1 N–H and O–H groups in total. The molecular formula is C22H26N6O2S2. The molecule has 0 spiro atoms. The average molecular weight is 471 g/mol. The number of sulfonamides is 1. The Kier molecular flexibility index (Phi) is 6.36. The summed E-state index contributed by atoms with van der Waals surface area (Å²) < 4.78 is 28.2. The quantitative estimate of drug-likeness (QED) is 0.392. The molecule has 0 saturated heterocycles. The molecule has 0 saturated carbocycles. The molecule has 8 nitrogen and oxygen atoms in total. The van der Waals surface area contributed by atoms with E-state index in [2.05, 4.69) is 38.8 Å². The van der Waals surface area contributed by atoms with Crippen molar-refractivity contribution >= 4 is 32.8 Å². The van der Waals surface area contributed by atoms with Crippen LogP contribution in [0.2, 0.25) is 0 Å². The first-order valence-electron chi connectivity index (χ1n) is 10.4. The smallest absolute Gasteiger partial charge is 0.242 e. The zero-order chi connectivity index (χ0) is 22.9. The predicted molar refractivity (Wildman–Crippen MR) is 127 cm³/mol. The Balaban J connectivity index is 1.56. The van der Waals surface area contributed by atoms with E-state index in [0.717, 1.165) is 35.7 Å². The maximum Gasteiger partial charge on any atom is 0.242 e. The highest BCUT2D eigenvalue weighted by Gasteiger charge is 2.20. The highest BCUT2D eigenvalue weighted by molar-refractivity contribution is 7.98. The van der Waals surface area contributed by atoms with Crippen molar-refractivity contribution in [3.8, 4) is 11.4 Å². The van der Waals surface area contributed by atoms with Gasteiger partial charge in [-0.3, -0.25) is 5.10 Å². The van der Waals surface area contributed by atoms with E-state index in [1.807, 2.05) is 25.1 Å². The predicted octanol–water partition coefficient (Wildman–Crippen LogP) is 3.95. The molecule has 2 heterocycles. The maximum atomic E-state index is 12.5. The molecule has 4 rings (SSSR count). The van der Waals surface area contributed by atoms with Gasteiger partial charge in [-0.15, -0.1) is 5.10 Å². The van der Waals surface area contributed by atoms with Gasteiger partial charge in [0, 0.05) is 26.2 Å². The van der Waals surface area contributed by atoms with E-state index in [1.54, 1.807) is 12.1 Å². The second kappa shape index (κ2) is 9.05. The van der Waals surface area contributed by atoms with Crippen LogP contribution in [0.15, 0.2) is 52.5 Å². The minimum atomic E-state index is -3.51. The largest absolute Gasteiger partial charge is 0.328 e. The molecule has 32 heavy (non-hydrogen) atoms. The zero-order valence-electron chi connectivity index (χ0n) is 18.5. The molecular weight excluding hydrogens is 444 g/mol. The molecule has 0 unspecified atom stereocenters. The fourth-order valence-corrected chi connectivity index (χ4v) is 5.13. The van der Waals surface area contributed by atoms with E-state index in [-0.39, 0.29) is 4.90 Å². The number of imidazole rings is 1. The summed E-state index contributed by atoms with van der Waals surface area (Å²) in [6, 6.07) is 13.4. The third kappa shape index (κ3) is 4.30. The fourth-order valence-electron chi connectivity index (χ4n) is 3.46. The number of benzene rings is 2. The Morgan fingerprint density at radius 1 is 1.06 bits per heavy atom. The second-order valence-electron chi connectivity index (χ2n) is 7.52. The lowest BCUT2D eigenvalue weighted by molar-refractivity contribution is 0.521. The monoisotopic (exact) mass is 470 g/mol. The highest BCUT2D eigenvalue weighted by Crippen LogP contribution is 2.26. The van der Waals surface area contributed by atoms with Gasteiger partial charge in [0.25, 0.3) is 0 Å². The van der Waals surface area contributed by atoms with Crippen LogP contribution in [0.1, 0.15) is 25.2 Å². The minimum Gasteiger partial charge on any atom is -0.328 e. The first-order chi connectivity index (χ1) is 15.3. The zero-order valence-corrected chi connectivity index (χ0v) is 20.2. The van der Waals surface area contributed by atoms with E-state index >= 15 is 0 Å². The van der Waals surface area contributed by atoms with Crippen LogP contribution in [0.5, 0.6) is 0 Å². The summed E-state index contributed by atoms with van der Waals surface area (Å²) >= 11 is 1.49. The van der Waals surface area contributed by atoms with Crippen LogP contribution in [0.3, 0.4) is 0 Å². The molecule has 2 aromatic carbocycles. The number of hydrogen-bond donors (Lipinski definition) is 1. The van der Waals surface area contributed by atoms with Crippen molar-refractivity contribution < 1.29 is 8.42 Å². The number of aryl methyl sites for hydroxylation is 2. The number of thioether (sulfide) groups is 1. The molecule has 0 amide bonds. The Morgan fingerprint density at radius 3 is 2.47 bits per heavy atom. The van der Waals surface area contributed by atoms with Gasteiger partial charge in [0.05, 0.1) is 21.7 Å². The molecule has 2 aromatic heterocycles. The first kappa shape index (κ1) is 22.5. The molecule has 0 fully saturated rings. The van der Waals surface area contributed by atoms with Crippen molar-refractivity contribution in [2.24, 2.45) is 0 Å². The number of nitrogens with zero attached hydrogens (tertiary/aromatic N) is 5. The van der Waals surface area contributed by atoms with Gasteiger partial charge >= 0.3 is 0 Å². The highest BCUT2D eigenvalue weighted by atomic mass is 32.2. The number of aromatic nitrogens is 5. The standard InChI is InChI=1S/C22H26N6O2S2/c1-5-15-7-9-16(10-8-15)21-24-22(26-25-21)31-14-20-23-18-13-17(32(29,30)27(3)4)11-12-19(18)28(20)6-2/h7-13H,5-6,14H2,1-4H3,(H,24,25,26). The first-order valence-corrected chi connectivity index (χ1v) is 12.8. The van der Waals surface area contributed by atoms with Crippen molar-refractivity contribution in [3.63, 3.8) is 0 Å². The van der Waals surface area contributed by atoms with E-state index < -0.39 is 10.0 Å². The summed E-state index contributed by atoms with van der Waals surface area (Å²) in [5, 5.41) is 7.98. The lowest BCUT2D eigenvalue weighted by atomic mass is 10.1. The number of aromatic amines is 1. The molecule has 0 atom stereocenters. The van der Waals surface area contributed by atoms with Crippen LogP contribution in [-0.2, 0) is 28.7 Å². The van der Waals surface area contributed by atoms with E-state index in [1.165, 1.54) is 35.7 Å². The minimum absolute atomic E-state index is 0.239. The summed E-state index contributed by atoms with van der Waals surface area (Å²) in [7, 11) is -0.461. The molecule has 0 bridgehead atoms.